The van der Waals surface area contributed by atoms with Gasteiger partial charge in [-0.15, -0.1) is 0 Å². The van der Waals surface area contributed by atoms with E-state index in [1.807, 2.05) is 12.1 Å². The second kappa shape index (κ2) is 9.78. The quantitative estimate of drug-likeness (QED) is 0.344. The molecule has 3 nitrogen and oxygen atoms in total. The predicted molar refractivity (Wildman–Crippen MR) is 158 cm³/mol. The molecule has 0 atom stereocenters. The highest BCUT2D eigenvalue weighted by Crippen LogP contribution is 2.61. The average Bonchev–Trinajstić information content (AvgIpc) is 2.93. The molecule has 0 amide bonds. The van der Waals surface area contributed by atoms with Crippen molar-refractivity contribution in [3.05, 3.63) is 65.2 Å². The number of carbonyl (C=O) groups is 1. The number of ketones is 1. The van der Waals surface area contributed by atoms with Gasteiger partial charge in [-0.25, -0.2) is 0 Å². The Bertz CT molecular complexity index is 1230. The van der Waals surface area contributed by atoms with Gasteiger partial charge in [-0.05, 0) is 159 Å². The lowest BCUT2D eigenvalue weighted by Crippen LogP contribution is -2.50. The summed E-state index contributed by atoms with van der Waals surface area (Å²) < 4.78 is 6.17. The van der Waals surface area contributed by atoms with Gasteiger partial charge in [-0.2, -0.15) is 0 Å². The summed E-state index contributed by atoms with van der Waals surface area (Å²) in [6, 6.07) is 16.5. The van der Waals surface area contributed by atoms with Crippen LogP contribution in [0.1, 0.15) is 94.6 Å². The topological polar surface area (TPSA) is 46.5 Å². The Balaban J connectivity index is 0.956. The third-order valence-corrected chi connectivity index (χ3v) is 12.1. The monoisotopic (exact) mass is 536 g/mol. The second-order valence-electron chi connectivity index (χ2n) is 14.8. The van der Waals surface area contributed by atoms with Crippen LogP contribution in [0.4, 0.5) is 0 Å². The van der Waals surface area contributed by atoms with Gasteiger partial charge in [0.15, 0.2) is 0 Å². The van der Waals surface area contributed by atoms with Crippen LogP contribution < -0.4 is 4.74 Å². The number of phenols is 1. The van der Waals surface area contributed by atoms with Crippen molar-refractivity contribution >= 4 is 11.4 Å². The molecule has 0 saturated heterocycles. The lowest BCUT2D eigenvalue weighted by molar-refractivity contribution is -0.144. The van der Waals surface area contributed by atoms with Crippen LogP contribution >= 0.6 is 0 Å². The Morgan fingerprint density at radius 2 is 1.20 bits per heavy atom. The fraction of sp³-hybridized carbons (Fsp3) is 0.595. The van der Waals surface area contributed by atoms with Crippen molar-refractivity contribution in [2.45, 2.75) is 83.5 Å². The lowest BCUT2D eigenvalue weighted by atomic mass is 9.48. The molecular formula is C37H44O3. The fourth-order valence-electron chi connectivity index (χ4n) is 11.1. The molecule has 8 bridgehead atoms. The Morgan fingerprint density at radius 3 is 1.75 bits per heavy atom. The molecule has 1 N–H and O–H groups in total. The number of hydrogen-bond donors (Lipinski definition) is 1. The second-order valence-corrected chi connectivity index (χ2v) is 14.8. The minimum atomic E-state index is 0.0203. The molecule has 8 fully saturated rings. The molecule has 8 aliphatic carbocycles. The summed E-state index contributed by atoms with van der Waals surface area (Å²) in [6.45, 7) is 0.607. The molecule has 0 spiro atoms. The molecule has 0 unspecified atom stereocenters. The number of Topliss-reactive ketones (excluding diaryl/α,β-unsaturated/α-hetero) is 1. The first kappa shape index (κ1) is 25.2. The van der Waals surface area contributed by atoms with Crippen molar-refractivity contribution in [2.75, 3.05) is 6.61 Å². The van der Waals surface area contributed by atoms with Gasteiger partial charge in [0.25, 0.3) is 0 Å². The maximum Gasteiger partial charge on any atom is 0.139 e. The first-order valence-corrected chi connectivity index (χ1v) is 16.3. The van der Waals surface area contributed by atoms with E-state index in [2.05, 4.69) is 36.4 Å². The van der Waals surface area contributed by atoms with Crippen LogP contribution in [-0.2, 0) is 4.79 Å². The number of carbonyl (C=O) groups excluding carboxylic acids is 1. The highest BCUT2D eigenvalue weighted by molar-refractivity contribution is 5.85. The van der Waals surface area contributed by atoms with E-state index in [9.17, 15) is 9.90 Å². The summed E-state index contributed by atoms with van der Waals surface area (Å²) in [5.41, 5.74) is 5.57. The number of hydrogen-bond acceptors (Lipinski definition) is 3. The van der Waals surface area contributed by atoms with Crippen LogP contribution in [0.3, 0.4) is 0 Å². The van der Waals surface area contributed by atoms with Crippen molar-refractivity contribution in [1.82, 2.24) is 0 Å². The van der Waals surface area contributed by atoms with Gasteiger partial charge in [0.05, 0.1) is 6.61 Å². The zero-order valence-electron chi connectivity index (χ0n) is 23.8. The van der Waals surface area contributed by atoms with E-state index in [-0.39, 0.29) is 5.41 Å². The number of benzene rings is 2. The van der Waals surface area contributed by atoms with Gasteiger partial charge in [0.1, 0.15) is 17.3 Å². The molecule has 10 rings (SSSR count). The largest absolute Gasteiger partial charge is 0.508 e. The van der Waals surface area contributed by atoms with E-state index >= 15 is 0 Å². The molecule has 0 heterocycles. The first-order valence-electron chi connectivity index (χ1n) is 16.3. The van der Waals surface area contributed by atoms with Gasteiger partial charge in [0.2, 0.25) is 0 Å². The highest BCUT2D eigenvalue weighted by atomic mass is 16.5. The predicted octanol–water partition coefficient (Wildman–Crippen LogP) is 8.59. The van der Waals surface area contributed by atoms with Crippen LogP contribution in [0.15, 0.2) is 54.1 Å². The van der Waals surface area contributed by atoms with E-state index in [0.29, 0.717) is 36.4 Å². The van der Waals surface area contributed by atoms with Crippen molar-refractivity contribution in [3.8, 4) is 11.5 Å². The normalized spacial score (nSPS) is 36.7. The molecule has 8 saturated carbocycles. The molecule has 0 radical (unpaired) electrons. The van der Waals surface area contributed by atoms with E-state index < -0.39 is 0 Å². The van der Waals surface area contributed by atoms with Gasteiger partial charge >= 0.3 is 0 Å². The molecule has 2 aromatic rings. The first-order chi connectivity index (χ1) is 19.5. The van der Waals surface area contributed by atoms with Gasteiger partial charge < -0.3 is 9.84 Å². The minimum Gasteiger partial charge on any atom is -0.508 e. The van der Waals surface area contributed by atoms with Crippen LogP contribution in [0.25, 0.3) is 5.57 Å². The van der Waals surface area contributed by atoms with Crippen LogP contribution in [0, 0.1) is 46.8 Å². The molecule has 40 heavy (non-hydrogen) atoms. The van der Waals surface area contributed by atoms with E-state index in [0.717, 1.165) is 41.8 Å². The molecule has 8 aliphatic rings. The van der Waals surface area contributed by atoms with Gasteiger partial charge in [-0.3, -0.25) is 4.79 Å². The summed E-state index contributed by atoms with van der Waals surface area (Å²) in [7, 11) is 0. The summed E-state index contributed by atoms with van der Waals surface area (Å²) in [5, 5.41) is 9.97. The summed E-state index contributed by atoms with van der Waals surface area (Å²) in [5.74, 6) is 7.50. The van der Waals surface area contributed by atoms with Gasteiger partial charge in [-0.1, -0.05) is 29.8 Å². The minimum absolute atomic E-state index is 0.0203. The molecule has 2 aromatic carbocycles. The maximum atomic E-state index is 13.4. The number of phenolic OH excluding ortho intramolecular Hbond substituents is 1. The summed E-state index contributed by atoms with van der Waals surface area (Å²) >= 11 is 0. The fourth-order valence-corrected chi connectivity index (χ4v) is 11.1. The molecule has 210 valence electrons. The number of aromatic hydroxyl groups is 1. The van der Waals surface area contributed by atoms with Gasteiger partial charge in [0, 0.05) is 11.8 Å². The van der Waals surface area contributed by atoms with Crippen molar-refractivity contribution in [3.63, 3.8) is 0 Å². The Morgan fingerprint density at radius 1 is 0.700 bits per heavy atom. The lowest BCUT2D eigenvalue weighted by Gasteiger charge is -2.56. The number of allylic oxidation sites excluding steroid dienone is 1. The zero-order valence-corrected chi connectivity index (χ0v) is 23.8. The zero-order chi connectivity index (χ0) is 26.8. The summed E-state index contributed by atoms with van der Waals surface area (Å²) in [6.07, 6.45) is 16.0. The summed E-state index contributed by atoms with van der Waals surface area (Å²) in [4.78, 5) is 13.4. The SMILES string of the molecule is O=C(CCCOc1ccc(C(=C2C3CC4CC(C3)CC2C4)c2ccc(O)cc2)cc1)C12CC3CC(CC(C3)C1)C2. The smallest absolute Gasteiger partial charge is 0.139 e. The third kappa shape index (κ3) is 4.43. The number of rotatable bonds is 8. The standard InChI is InChI=1S/C37H44O3/c38-32-7-3-28(4-8-32)35(36-30-16-23-12-24(18-30)19-31(36)17-23)29-5-9-33(10-6-29)40-11-1-2-34(39)37-20-25-13-26(21-37)15-27(14-25)22-37/h3-10,23-27,30-31,38H,1-2,11-22H2. The molecule has 0 aromatic heterocycles. The van der Waals surface area contributed by atoms with E-state index in [1.54, 1.807) is 5.57 Å². The third-order valence-electron chi connectivity index (χ3n) is 12.1. The Labute approximate surface area is 239 Å². The number of ether oxygens (including phenoxy) is 1. The van der Waals surface area contributed by atoms with E-state index in [1.165, 1.54) is 87.3 Å². The average molecular weight is 537 g/mol. The Kier molecular flexibility index (Phi) is 6.15. The Hall–Kier alpha value is -2.55. The highest BCUT2D eigenvalue weighted by Gasteiger charge is 2.54. The van der Waals surface area contributed by atoms with Crippen LogP contribution in [-0.4, -0.2) is 17.5 Å². The molecule has 0 aliphatic heterocycles. The maximum absolute atomic E-state index is 13.4. The molecule has 3 heteroatoms. The van der Waals surface area contributed by atoms with Crippen LogP contribution in [0.5, 0.6) is 11.5 Å². The van der Waals surface area contributed by atoms with Crippen molar-refractivity contribution < 1.29 is 14.6 Å². The van der Waals surface area contributed by atoms with Crippen LogP contribution in [0.2, 0.25) is 0 Å². The van der Waals surface area contributed by atoms with E-state index in [4.69, 9.17) is 4.74 Å². The van der Waals surface area contributed by atoms with Crippen molar-refractivity contribution in [1.29, 1.82) is 0 Å². The molecular weight excluding hydrogens is 492 g/mol. The van der Waals surface area contributed by atoms with Crippen molar-refractivity contribution in [2.24, 2.45) is 46.8 Å².